The molecule has 1 aliphatic rings. The quantitative estimate of drug-likeness (QED) is 0.613. The van der Waals surface area contributed by atoms with Crippen LogP contribution >= 0.6 is 0 Å². The van der Waals surface area contributed by atoms with E-state index in [1.807, 2.05) is 20.8 Å². The molecule has 1 heterocycles. The van der Waals surface area contributed by atoms with E-state index in [0.29, 0.717) is 18.9 Å². The highest BCUT2D eigenvalue weighted by molar-refractivity contribution is 6.48. The van der Waals surface area contributed by atoms with Gasteiger partial charge in [-0.3, -0.25) is 9.69 Å². The summed E-state index contributed by atoms with van der Waals surface area (Å²) in [4.78, 5) is 25.6. The van der Waals surface area contributed by atoms with Crippen LogP contribution in [0, 0.1) is 5.92 Å². The molecular weight excluding hydrogens is 352 g/mol. The average Bonchev–Trinajstić information content (AvgIpc) is 2.80. The minimum atomic E-state index is -1.49. The molecule has 1 fully saturated rings. The van der Waals surface area contributed by atoms with Crippen molar-refractivity contribution >= 4 is 21.0 Å². The number of unbranched alkanes of at least 4 members (excludes halogenated alkanes) is 1. The first-order chi connectivity index (χ1) is 12.0. The molecule has 2 N–H and O–H groups in total. The predicted octanol–water partition coefficient (Wildman–Crippen LogP) is 2.63. The second kappa shape index (κ2) is 9.71. The third kappa shape index (κ3) is 7.24. The maximum absolute atomic E-state index is 12.9. The topological polar surface area (TPSA) is 91.1 Å². The number of primary amides is 1. The summed E-state index contributed by atoms with van der Waals surface area (Å²) in [5, 5.41) is 0. The maximum Gasteiger partial charge on any atom is 0.412 e. The fourth-order valence-electron chi connectivity index (χ4n) is 3.33. The highest BCUT2D eigenvalue weighted by Gasteiger charge is 2.50. The van der Waals surface area contributed by atoms with Gasteiger partial charge in [0.25, 0.3) is 0 Å². The first-order valence-electron chi connectivity index (χ1n) is 9.53. The van der Waals surface area contributed by atoms with Gasteiger partial charge < -0.3 is 19.6 Å². The summed E-state index contributed by atoms with van der Waals surface area (Å²) in [6.45, 7) is 12.3. The van der Waals surface area contributed by atoms with E-state index in [2.05, 4.69) is 20.0 Å². The minimum Gasteiger partial charge on any atom is -0.444 e. The zero-order chi connectivity index (χ0) is 20.0. The molecule has 1 saturated heterocycles. The van der Waals surface area contributed by atoms with Crippen molar-refractivity contribution in [1.29, 1.82) is 0 Å². The van der Waals surface area contributed by atoms with Crippen molar-refractivity contribution in [2.75, 3.05) is 19.8 Å². The number of likely N-dealkylation sites (tertiary alicyclic amines) is 1. The van der Waals surface area contributed by atoms with Crippen LogP contribution in [-0.2, 0) is 18.7 Å². The Morgan fingerprint density at radius 3 is 2.46 bits per heavy atom. The van der Waals surface area contributed by atoms with Gasteiger partial charge in [-0.15, -0.1) is 0 Å². The van der Waals surface area contributed by atoms with Crippen molar-refractivity contribution < 1.29 is 23.5 Å². The van der Waals surface area contributed by atoms with E-state index in [-0.39, 0.29) is 13.2 Å². The van der Waals surface area contributed by atoms with Crippen molar-refractivity contribution in [3.05, 3.63) is 0 Å². The number of nitrogens with zero attached hydrogens (tertiary/aromatic N) is 1. The van der Waals surface area contributed by atoms with Gasteiger partial charge in [0.05, 0.1) is 6.61 Å². The van der Waals surface area contributed by atoms with Crippen molar-refractivity contribution in [3.63, 3.8) is 0 Å². The molecular formula is C18H36N2O5Si. The molecule has 0 aromatic carbocycles. The number of hydrogen-bond acceptors (Lipinski definition) is 5. The van der Waals surface area contributed by atoms with Crippen molar-refractivity contribution in [1.82, 2.24) is 4.90 Å². The molecule has 0 aromatic heterocycles. The Labute approximate surface area is 159 Å². The zero-order valence-corrected chi connectivity index (χ0v) is 18.3. The zero-order valence-electron chi connectivity index (χ0n) is 17.2. The highest BCUT2D eigenvalue weighted by atomic mass is 28.3. The molecule has 0 bridgehead atoms. The van der Waals surface area contributed by atoms with Crippen LogP contribution in [-0.4, -0.2) is 57.0 Å². The molecule has 1 rings (SSSR count). The van der Waals surface area contributed by atoms with Gasteiger partial charge in [-0.05, 0) is 46.2 Å². The van der Waals surface area contributed by atoms with Crippen LogP contribution in [0.15, 0.2) is 0 Å². The largest absolute Gasteiger partial charge is 0.444 e. The van der Waals surface area contributed by atoms with E-state index in [1.54, 1.807) is 4.90 Å². The van der Waals surface area contributed by atoms with E-state index in [9.17, 15) is 9.59 Å². The standard InChI is InChI=1S/C18H36N2O5Si/c1-7-8-9-14-10-18(25-26(5)6,13-23-12-15(19)21)20(11-14)16(22)24-17(2,3)4/h14,26H,7-13H2,1-6H3,(H2,19,21)/t14-,18+/m1/s1. The molecule has 0 radical (unpaired) electrons. The molecule has 0 spiro atoms. The summed E-state index contributed by atoms with van der Waals surface area (Å²) in [5.41, 5.74) is 3.72. The first kappa shape index (κ1) is 22.9. The average molecular weight is 389 g/mol. The molecule has 0 saturated carbocycles. The molecule has 8 heteroatoms. The Bertz CT molecular complexity index is 481. The second-order valence-corrected chi connectivity index (χ2v) is 10.7. The predicted molar refractivity (Wildman–Crippen MR) is 103 cm³/mol. The van der Waals surface area contributed by atoms with Crippen LogP contribution in [0.3, 0.4) is 0 Å². The van der Waals surface area contributed by atoms with Crippen molar-refractivity contribution in [2.45, 2.75) is 77.8 Å². The third-order valence-electron chi connectivity index (χ3n) is 4.15. The van der Waals surface area contributed by atoms with Gasteiger partial charge in [0.1, 0.15) is 12.2 Å². The van der Waals surface area contributed by atoms with Crippen molar-refractivity contribution in [2.24, 2.45) is 11.7 Å². The number of rotatable bonds is 9. The smallest absolute Gasteiger partial charge is 0.412 e. The van der Waals surface area contributed by atoms with Gasteiger partial charge in [-0.1, -0.05) is 19.8 Å². The molecule has 152 valence electrons. The number of ether oxygens (including phenoxy) is 2. The SMILES string of the molecule is CCCC[C@H]1CN(C(=O)OC(C)(C)C)[C@](COCC(N)=O)(O[SiH](C)C)C1. The Hall–Kier alpha value is -1.12. The first-order valence-corrected chi connectivity index (χ1v) is 12.3. The second-order valence-electron chi connectivity index (χ2n) is 8.38. The van der Waals surface area contributed by atoms with Gasteiger partial charge in [-0.2, -0.15) is 0 Å². The molecule has 26 heavy (non-hydrogen) atoms. The Kier molecular flexibility index (Phi) is 8.56. The van der Waals surface area contributed by atoms with E-state index in [0.717, 1.165) is 19.3 Å². The molecule has 0 unspecified atom stereocenters. The summed E-state index contributed by atoms with van der Waals surface area (Å²) in [7, 11) is -1.49. The highest BCUT2D eigenvalue weighted by Crippen LogP contribution is 2.38. The maximum atomic E-state index is 12.9. The van der Waals surface area contributed by atoms with E-state index >= 15 is 0 Å². The van der Waals surface area contributed by atoms with E-state index in [4.69, 9.17) is 19.6 Å². The lowest BCUT2D eigenvalue weighted by Gasteiger charge is -2.40. The molecule has 2 atom stereocenters. The lowest BCUT2D eigenvalue weighted by Crippen LogP contribution is -2.55. The summed E-state index contributed by atoms with van der Waals surface area (Å²) in [6, 6.07) is 0. The monoisotopic (exact) mass is 388 g/mol. The number of hydrogen-bond donors (Lipinski definition) is 1. The Balaban J connectivity index is 3.05. The van der Waals surface area contributed by atoms with Gasteiger partial charge in [0.15, 0.2) is 14.8 Å². The number of carbonyl (C=O) groups excluding carboxylic acids is 2. The molecule has 7 nitrogen and oxygen atoms in total. The van der Waals surface area contributed by atoms with Crippen molar-refractivity contribution in [3.8, 4) is 0 Å². The molecule has 0 aliphatic carbocycles. The summed E-state index contributed by atoms with van der Waals surface area (Å²) in [5.74, 6) is -0.210. The van der Waals surface area contributed by atoms with E-state index < -0.39 is 32.4 Å². The normalized spacial score (nSPS) is 23.5. The fourth-order valence-corrected chi connectivity index (χ4v) is 4.50. The van der Waals surface area contributed by atoms with Crippen LogP contribution in [0.1, 0.15) is 53.4 Å². The summed E-state index contributed by atoms with van der Waals surface area (Å²) >= 11 is 0. The molecule has 1 aliphatic heterocycles. The van der Waals surface area contributed by atoms with Crippen LogP contribution in [0.25, 0.3) is 0 Å². The third-order valence-corrected chi connectivity index (χ3v) is 5.06. The van der Waals surface area contributed by atoms with Gasteiger partial charge in [-0.25, -0.2) is 4.79 Å². The lowest BCUT2D eigenvalue weighted by atomic mass is 9.98. The summed E-state index contributed by atoms with van der Waals surface area (Å²) in [6.07, 6.45) is 3.53. The van der Waals surface area contributed by atoms with Gasteiger partial charge in [0, 0.05) is 13.0 Å². The van der Waals surface area contributed by atoms with Crippen LogP contribution in [0.4, 0.5) is 4.79 Å². The van der Waals surface area contributed by atoms with Gasteiger partial charge >= 0.3 is 6.09 Å². The lowest BCUT2D eigenvalue weighted by molar-refractivity contribution is -0.133. The Morgan fingerprint density at radius 2 is 1.96 bits per heavy atom. The van der Waals surface area contributed by atoms with Crippen LogP contribution < -0.4 is 5.73 Å². The van der Waals surface area contributed by atoms with Gasteiger partial charge in [0.2, 0.25) is 5.91 Å². The summed E-state index contributed by atoms with van der Waals surface area (Å²) < 4.78 is 17.5. The van der Waals surface area contributed by atoms with Crippen LogP contribution in [0.2, 0.25) is 13.1 Å². The minimum absolute atomic E-state index is 0.128. The molecule has 2 amide bonds. The number of nitrogens with two attached hydrogens (primary N) is 1. The van der Waals surface area contributed by atoms with E-state index in [1.165, 1.54) is 0 Å². The molecule has 0 aromatic rings. The number of amides is 2. The number of carbonyl (C=O) groups is 2. The Morgan fingerprint density at radius 1 is 1.31 bits per heavy atom. The fraction of sp³-hybridized carbons (Fsp3) is 0.889. The van der Waals surface area contributed by atoms with Crippen LogP contribution in [0.5, 0.6) is 0 Å².